The van der Waals surface area contributed by atoms with Gasteiger partial charge in [-0.1, -0.05) is 42.2 Å². The summed E-state index contributed by atoms with van der Waals surface area (Å²) in [5.41, 5.74) is 7.89. The largest absolute Gasteiger partial charge is 0.445 e. The molecule has 0 atom stereocenters. The minimum Gasteiger partial charge on any atom is -0.445 e. The standard InChI is InChI=1S/C17H17N3O2/c18-16-10-15(11-19-12-16)8-4-5-9-20-17(21)22-13-14-6-2-1-3-7-14/h1-3,6-7,10-12H,5,9,13,18H2,(H,20,21). The molecule has 2 rings (SSSR count). The number of aromatic nitrogens is 1. The summed E-state index contributed by atoms with van der Waals surface area (Å²) in [6.07, 6.45) is 3.28. The molecular formula is C17H17N3O2. The topological polar surface area (TPSA) is 77.2 Å². The number of nitrogens with zero attached hydrogens (tertiary/aromatic N) is 1. The van der Waals surface area contributed by atoms with Gasteiger partial charge in [0.15, 0.2) is 0 Å². The second-order valence-electron chi connectivity index (χ2n) is 4.55. The molecule has 0 fully saturated rings. The third-order valence-electron chi connectivity index (χ3n) is 2.72. The molecule has 1 aromatic heterocycles. The fourth-order valence-electron chi connectivity index (χ4n) is 1.69. The molecule has 0 radical (unpaired) electrons. The van der Waals surface area contributed by atoms with Gasteiger partial charge in [-0.2, -0.15) is 0 Å². The molecular weight excluding hydrogens is 278 g/mol. The van der Waals surface area contributed by atoms with E-state index >= 15 is 0 Å². The number of ether oxygens (including phenoxy) is 1. The molecule has 1 amide bonds. The second kappa shape index (κ2) is 8.32. The van der Waals surface area contributed by atoms with Gasteiger partial charge in [-0.05, 0) is 11.6 Å². The number of alkyl carbamates (subject to hydrolysis) is 1. The molecule has 22 heavy (non-hydrogen) atoms. The van der Waals surface area contributed by atoms with Crippen molar-refractivity contribution in [1.29, 1.82) is 0 Å². The number of nitrogens with two attached hydrogens (primary N) is 1. The second-order valence-corrected chi connectivity index (χ2v) is 4.55. The first-order valence-corrected chi connectivity index (χ1v) is 6.88. The van der Waals surface area contributed by atoms with Crippen molar-refractivity contribution >= 4 is 11.8 Å². The van der Waals surface area contributed by atoms with Crippen LogP contribution in [0.25, 0.3) is 0 Å². The van der Waals surface area contributed by atoms with Crippen LogP contribution in [0, 0.1) is 11.8 Å². The number of anilines is 1. The minimum absolute atomic E-state index is 0.257. The number of nitrogens with one attached hydrogen (secondary N) is 1. The third kappa shape index (κ3) is 5.55. The lowest BCUT2D eigenvalue weighted by Crippen LogP contribution is -2.24. The third-order valence-corrected chi connectivity index (χ3v) is 2.72. The Labute approximate surface area is 129 Å². The maximum Gasteiger partial charge on any atom is 0.407 e. The molecule has 1 aromatic carbocycles. The summed E-state index contributed by atoms with van der Waals surface area (Å²) < 4.78 is 5.08. The highest BCUT2D eigenvalue weighted by atomic mass is 16.5. The van der Waals surface area contributed by atoms with Crippen molar-refractivity contribution in [1.82, 2.24) is 10.3 Å². The first-order chi connectivity index (χ1) is 10.7. The molecule has 5 heteroatoms. The van der Waals surface area contributed by atoms with E-state index in [-0.39, 0.29) is 6.61 Å². The van der Waals surface area contributed by atoms with Crippen LogP contribution in [-0.2, 0) is 11.3 Å². The van der Waals surface area contributed by atoms with Gasteiger partial charge < -0.3 is 15.8 Å². The van der Waals surface area contributed by atoms with Crippen molar-refractivity contribution < 1.29 is 9.53 Å². The van der Waals surface area contributed by atoms with E-state index in [2.05, 4.69) is 22.1 Å². The molecule has 0 saturated heterocycles. The SMILES string of the molecule is Nc1cncc(C#CCCNC(=O)OCc2ccccc2)c1. The number of pyridine rings is 1. The highest BCUT2D eigenvalue weighted by Crippen LogP contribution is 2.02. The summed E-state index contributed by atoms with van der Waals surface area (Å²) in [4.78, 5) is 15.4. The lowest BCUT2D eigenvalue weighted by Gasteiger charge is -2.05. The molecule has 1 heterocycles. The zero-order valence-electron chi connectivity index (χ0n) is 12.1. The number of carbonyl (C=O) groups excluding carboxylic acids is 1. The highest BCUT2D eigenvalue weighted by molar-refractivity contribution is 5.67. The van der Waals surface area contributed by atoms with Gasteiger partial charge in [-0.25, -0.2) is 4.79 Å². The predicted molar refractivity (Wildman–Crippen MR) is 84.8 cm³/mol. The zero-order chi connectivity index (χ0) is 15.6. The first-order valence-electron chi connectivity index (χ1n) is 6.88. The summed E-state index contributed by atoms with van der Waals surface area (Å²) in [6, 6.07) is 11.3. The molecule has 3 N–H and O–H groups in total. The number of nitrogen functional groups attached to an aromatic ring is 1. The number of rotatable bonds is 4. The van der Waals surface area contributed by atoms with Gasteiger partial charge in [-0.15, -0.1) is 0 Å². The number of amides is 1. The molecule has 0 aliphatic rings. The van der Waals surface area contributed by atoms with Crippen LogP contribution >= 0.6 is 0 Å². The molecule has 0 aliphatic carbocycles. The Kier molecular flexibility index (Phi) is 5.82. The van der Waals surface area contributed by atoms with Gasteiger partial charge in [0.25, 0.3) is 0 Å². The van der Waals surface area contributed by atoms with Crippen molar-refractivity contribution in [2.24, 2.45) is 0 Å². The zero-order valence-corrected chi connectivity index (χ0v) is 12.1. The lowest BCUT2D eigenvalue weighted by atomic mass is 10.2. The molecule has 0 unspecified atom stereocenters. The Balaban J connectivity index is 1.65. The summed E-state index contributed by atoms with van der Waals surface area (Å²) in [7, 11) is 0. The predicted octanol–water partition coefficient (Wildman–Crippen LogP) is 2.33. The monoisotopic (exact) mass is 295 g/mol. The maximum absolute atomic E-state index is 11.5. The lowest BCUT2D eigenvalue weighted by molar-refractivity contribution is 0.140. The highest BCUT2D eigenvalue weighted by Gasteiger charge is 2.00. The summed E-state index contributed by atoms with van der Waals surface area (Å²) in [5.74, 6) is 5.87. The van der Waals surface area contributed by atoms with Gasteiger partial charge >= 0.3 is 6.09 Å². The van der Waals surface area contributed by atoms with E-state index in [1.54, 1.807) is 18.5 Å². The minimum atomic E-state index is -0.448. The smallest absolute Gasteiger partial charge is 0.407 e. The van der Waals surface area contributed by atoms with Crippen molar-refractivity contribution in [2.45, 2.75) is 13.0 Å². The Morgan fingerprint density at radius 3 is 2.86 bits per heavy atom. The average molecular weight is 295 g/mol. The van der Waals surface area contributed by atoms with Gasteiger partial charge in [0.05, 0.1) is 5.69 Å². The van der Waals surface area contributed by atoms with Crippen LogP contribution in [0.3, 0.4) is 0 Å². The molecule has 2 aromatic rings. The van der Waals surface area contributed by atoms with E-state index in [9.17, 15) is 4.79 Å². The maximum atomic E-state index is 11.5. The van der Waals surface area contributed by atoms with Gasteiger partial charge in [0.1, 0.15) is 6.61 Å². The first kappa shape index (κ1) is 15.4. The van der Waals surface area contributed by atoms with Crippen LogP contribution in [0.4, 0.5) is 10.5 Å². The number of carbonyl (C=O) groups is 1. The van der Waals surface area contributed by atoms with Crippen LogP contribution < -0.4 is 11.1 Å². The van der Waals surface area contributed by atoms with Gasteiger partial charge in [0, 0.05) is 30.9 Å². The molecule has 112 valence electrons. The molecule has 0 aliphatic heterocycles. The molecule has 5 nitrogen and oxygen atoms in total. The van der Waals surface area contributed by atoms with Gasteiger partial charge in [0.2, 0.25) is 0 Å². The normalized spacial score (nSPS) is 9.45. The Bertz CT molecular complexity index is 675. The summed E-state index contributed by atoms with van der Waals surface area (Å²) in [5, 5.41) is 2.65. The van der Waals surface area contributed by atoms with E-state index in [4.69, 9.17) is 10.5 Å². The van der Waals surface area contributed by atoms with E-state index < -0.39 is 6.09 Å². The fraction of sp³-hybridized carbons (Fsp3) is 0.176. The van der Waals surface area contributed by atoms with E-state index in [0.717, 1.165) is 11.1 Å². The van der Waals surface area contributed by atoms with Crippen molar-refractivity contribution in [2.75, 3.05) is 12.3 Å². The van der Waals surface area contributed by atoms with Crippen LogP contribution in [0.5, 0.6) is 0 Å². The van der Waals surface area contributed by atoms with E-state index in [0.29, 0.717) is 18.7 Å². The number of hydrogen-bond donors (Lipinski definition) is 2. The number of hydrogen-bond acceptors (Lipinski definition) is 4. The van der Waals surface area contributed by atoms with Crippen molar-refractivity contribution in [3.8, 4) is 11.8 Å². The van der Waals surface area contributed by atoms with Crippen LogP contribution in [0.2, 0.25) is 0 Å². The van der Waals surface area contributed by atoms with Gasteiger partial charge in [-0.3, -0.25) is 4.98 Å². The molecule has 0 bridgehead atoms. The Morgan fingerprint density at radius 2 is 2.09 bits per heavy atom. The Hall–Kier alpha value is -3.00. The Morgan fingerprint density at radius 1 is 1.27 bits per heavy atom. The average Bonchev–Trinajstić information content (AvgIpc) is 2.54. The van der Waals surface area contributed by atoms with Crippen molar-refractivity contribution in [3.63, 3.8) is 0 Å². The quantitative estimate of drug-likeness (QED) is 0.670. The van der Waals surface area contributed by atoms with Crippen LogP contribution in [0.15, 0.2) is 48.8 Å². The summed E-state index contributed by atoms with van der Waals surface area (Å²) >= 11 is 0. The number of benzene rings is 1. The molecule has 0 saturated carbocycles. The van der Waals surface area contributed by atoms with Crippen LogP contribution in [-0.4, -0.2) is 17.6 Å². The van der Waals surface area contributed by atoms with E-state index in [1.807, 2.05) is 30.3 Å². The van der Waals surface area contributed by atoms with Crippen LogP contribution in [0.1, 0.15) is 17.5 Å². The van der Waals surface area contributed by atoms with E-state index in [1.165, 1.54) is 0 Å². The summed E-state index contributed by atoms with van der Waals surface area (Å²) in [6.45, 7) is 0.684. The fourth-order valence-corrected chi connectivity index (χ4v) is 1.69. The van der Waals surface area contributed by atoms with Crippen molar-refractivity contribution in [3.05, 3.63) is 59.9 Å². The molecule has 0 spiro atoms.